The molecule has 3 N–H and O–H groups in total. The van der Waals surface area contributed by atoms with Crippen LogP contribution >= 0.6 is 0 Å². The quantitative estimate of drug-likeness (QED) is 0.423. The first-order chi connectivity index (χ1) is 15.7. The Balaban J connectivity index is 1.70. The van der Waals surface area contributed by atoms with Crippen LogP contribution in [-0.2, 0) is 16.6 Å². The third-order valence-corrected chi connectivity index (χ3v) is 6.08. The molecular weight excluding hydrogens is 444 g/mol. The normalized spacial score (nSPS) is 11.5. The summed E-state index contributed by atoms with van der Waals surface area (Å²) in [7, 11) is -0.547. The molecule has 0 aliphatic carbocycles. The zero-order chi connectivity index (χ0) is 23.8. The molecule has 0 radical (unpaired) electrons. The molecule has 11 heteroatoms. The van der Waals surface area contributed by atoms with Crippen molar-refractivity contribution in [1.82, 2.24) is 19.6 Å². The highest BCUT2D eigenvalue weighted by atomic mass is 32.2. The van der Waals surface area contributed by atoms with Crippen LogP contribution < -0.4 is 19.9 Å². The second-order valence-corrected chi connectivity index (χ2v) is 8.96. The summed E-state index contributed by atoms with van der Waals surface area (Å²) >= 11 is 0. The Morgan fingerprint density at radius 1 is 1.00 bits per heavy atom. The van der Waals surface area contributed by atoms with Crippen LogP contribution in [0.3, 0.4) is 0 Å². The average Bonchev–Trinajstić information content (AvgIpc) is 3.12. The van der Waals surface area contributed by atoms with Gasteiger partial charge in [-0.05, 0) is 49.2 Å². The van der Waals surface area contributed by atoms with E-state index in [4.69, 9.17) is 14.6 Å². The maximum atomic E-state index is 11.5. The van der Waals surface area contributed by atoms with Gasteiger partial charge in [-0.25, -0.2) is 18.5 Å². The smallest absolute Gasteiger partial charge is 0.238 e. The Hall–Kier alpha value is -3.70. The van der Waals surface area contributed by atoms with Gasteiger partial charge >= 0.3 is 0 Å². The van der Waals surface area contributed by atoms with Crippen LogP contribution in [0.25, 0.3) is 16.8 Å². The monoisotopic (exact) mass is 468 g/mol. The average molecular weight is 469 g/mol. The number of ether oxygens (including phenoxy) is 2. The Kier molecular flexibility index (Phi) is 5.91. The van der Waals surface area contributed by atoms with E-state index in [2.05, 4.69) is 20.4 Å². The van der Waals surface area contributed by atoms with Crippen molar-refractivity contribution in [1.29, 1.82) is 0 Å². The van der Waals surface area contributed by atoms with E-state index in [0.717, 1.165) is 22.4 Å². The van der Waals surface area contributed by atoms with Crippen molar-refractivity contribution in [2.24, 2.45) is 5.14 Å². The zero-order valence-electron chi connectivity index (χ0n) is 18.7. The predicted octanol–water partition coefficient (Wildman–Crippen LogP) is 2.68. The summed E-state index contributed by atoms with van der Waals surface area (Å²) in [5.74, 6) is 2.34. The Labute approximate surface area is 191 Å². The lowest BCUT2D eigenvalue weighted by atomic mass is 10.1. The topological polar surface area (TPSA) is 134 Å². The summed E-state index contributed by atoms with van der Waals surface area (Å²) in [6, 6.07) is 12.0. The number of anilines is 1. The van der Waals surface area contributed by atoms with Crippen LogP contribution in [0.1, 0.15) is 17.1 Å². The molecule has 0 atom stereocenters. The number of sulfonamides is 1. The van der Waals surface area contributed by atoms with Gasteiger partial charge in [-0.1, -0.05) is 18.2 Å². The largest absolute Gasteiger partial charge is 0.493 e. The summed E-state index contributed by atoms with van der Waals surface area (Å²) in [6.45, 7) is 4.12. The number of hydrogen-bond acceptors (Lipinski definition) is 8. The molecule has 0 saturated heterocycles. The van der Waals surface area contributed by atoms with Crippen molar-refractivity contribution in [2.75, 3.05) is 19.5 Å². The molecule has 0 spiro atoms. The number of hydrogen-bond donors (Lipinski definition) is 2. The van der Waals surface area contributed by atoms with Gasteiger partial charge in [0, 0.05) is 12.1 Å². The van der Waals surface area contributed by atoms with Crippen molar-refractivity contribution >= 4 is 21.6 Å². The van der Waals surface area contributed by atoms with E-state index in [9.17, 15) is 8.42 Å². The Bertz CT molecular complexity index is 1430. The van der Waals surface area contributed by atoms with Crippen LogP contribution in [-0.4, -0.2) is 42.2 Å². The van der Waals surface area contributed by atoms with Crippen LogP contribution in [0.4, 0.5) is 5.95 Å². The molecule has 0 unspecified atom stereocenters. The highest BCUT2D eigenvalue weighted by Crippen LogP contribution is 2.35. The molecule has 4 rings (SSSR count). The SMILES string of the molecule is COc1ccc(-c2c(C)nn3c(NCc4ccc(S(N)(=O)=O)cc4)nc(C)nc23)cc1OC. The van der Waals surface area contributed by atoms with Gasteiger partial charge < -0.3 is 14.8 Å². The number of primary sulfonamides is 1. The van der Waals surface area contributed by atoms with Crippen LogP contribution in [0, 0.1) is 13.8 Å². The number of aryl methyl sites for hydroxylation is 2. The van der Waals surface area contributed by atoms with E-state index in [1.165, 1.54) is 12.1 Å². The molecular formula is C22H24N6O4S. The molecule has 0 aliphatic heterocycles. The van der Waals surface area contributed by atoms with Crippen molar-refractivity contribution in [3.8, 4) is 22.6 Å². The van der Waals surface area contributed by atoms with Gasteiger partial charge in [0.15, 0.2) is 17.1 Å². The molecule has 0 fully saturated rings. The number of methoxy groups -OCH3 is 2. The summed E-state index contributed by atoms with van der Waals surface area (Å²) in [5.41, 5.74) is 4.04. The number of aromatic nitrogens is 4. The van der Waals surface area contributed by atoms with E-state index in [-0.39, 0.29) is 4.90 Å². The lowest BCUT2D eigenvalue weighted by molar-refractivity contribution is 0.355. The summed E-state index contributed by atoms with van der Waals surface area (Å²) < 4.78 is 35.4. The molecule has 10 nitrogen and oxygen atoms in total. The predicted molar refractivity (Wildman–Crippen MR) is 124 cm³/mol. The van der Waals surface area contributed by atoms with Gasteiger partial charge in [-0.3, -0.25) is 0 Å². The standard InChI is InChI=1S/C22H24N6O4S/c1-13-20(16-7-10-18(31-3)19(11-16)32-4)21-25-14(2)26-22(28(21)27-13)24-12-15-5-8-17(9-6-15)33(23,29)30/h5-11H,12H2,1-4H3,(H2,23,29,30)(H,24,25,26). The lowest BCUT2D eigenvalue weighted by Gasteiger charge is -2.10. The maximum absolute atomic E-state index is 11.5. The van der Waals surface area contributed by atoms with E-state index in [0.29, 0.717) is 35.5 Å². The minimum absolute atomic E-state index is 0.0637. The van der Waals surface area contributed by atoms with Gasteiger partial charge in [0.2, 0.25) is 16.0 Å². The van der Waals surface area contributed by atoms with E-state index < -0.39 is 10.0 Å². The zero-order valence-corrected chi connectivity index (χ0v) is 19.5. The minimum atomic E-state index is -3.73. The van der Waals surface area contributed by atoms with Gasteiger partial charge in [0.1, 0.15) is 5.82 Å². The van der Waals surface area contributed by atoms with Crippen molar-refractivity contribution < 1.29 is 17.9 Å². The fourth-order valence-corrected chi connectivity index (χ4v) is 4.08. The van der Waals surface area contributed by atoms with E-state index in [1.54, 1.807) is 30.9 Å². The molecule has 2 heterocycles. The van der Waals surface area contributed by atoms with E-state index in [1.807, 2.05) is 32.0 Å². The summed E-state index contributed by atoms with van der Waals surface area (Å²) in [4.78, 5) is 9.19. The lowest BCUT2D eigenvalue weighted by Crippen LogP contribution is -2.12. The van der Waals surface area contributed by atoms with Gasteiger partial charge in [-0.15, -0.1) is 0 Å². The fraction of sp³-hybridized carbons (Fsp3) is 0.227. The molecule has 33 heavy (non-hydrogen) atoms. The molecule has 0 aliphatic rings. The molecule has 2 aromatic carbocycles. The first-order valence-corrected chi connectivity index (χ1v) is 11.6. The molecule has 2 aromatic heterocycles. The highest BCUT2D eigenvalue weighted by Gasteiger charge is 2.18. The number of fused-ring (bicyclic) bond motifs is 1. The number of benzene rings is 2. The van der Waals surface area contributed by atoms with Gasteiger partial charge in [0.05, 0.1) is 24.8 Å². The van der Waals surface area contributed by atoms with Crippen molar-refractivity contribution in [2.45, 2.75) is 25.3 Å². The first kappa shape index (κ1) is 22.5. The van der Waals surface area contributed by atoms with Crippen molar-refractivity contribution in [3.05, 3.63) is 59.5 Å². The van der Waals surface area contributed by atoms with Gasteiger partial charge in [-0.2, -0.15) is 14.6 Å². The number of rotatable bonds is 7. The number of nitrogens with zero attached hydrogens (tertiary/aromatic N) is 4. The number of nitrogens with one attached hydrogen (secondary N) is 1. The minimum Gasteiger partial charge on any atom is -0.493 e. The summed E-state index contributed by atoms with van der Waals surface area (Å²) in [6.07, 6.45) is 0. The molecule has 0 bridgehead atoms. The third kappa shape index (κ3) is 4.45. The summed E-state index contributed by atoms with van der Waals surface area (Å²) in [5, 5.41) is 13.1. The van der Waals surface area contributed by atoms with Crippen LogP contribution in [0.15, 0.2) is 47.4 Å². The molecule has 0 amide bonds. The molecule has 0 saturated carbocycles. The van der Waals surface area contributed by atoms with Crippen LogP contribution in [0.2, 0.25) is 0 Å². The Morgan fingerprint density at radius 2 is 1.70 bits per heavy atom. The first-order valence-electron chi connectivity index (χ1n) is 10.0. The Morgan fingerprint density at radius 3 is 2.33 bits per heavy atom. The number of nitrogens with two attached hydrogens (primary N) is 1. The second-order valence-electron chi connectivity index (χ2n) is 7.40. The van der Waals surface area contributed by atoms with Crippen LogP contribution in [0.5, 0.6) is 11.5 Å². The molecule has 4 aromatic rings. The highest BCUT2D eigenvalue weighted by molar-refractivity contribution is 7.89. The fourth-order valence-electron chi connectivity index (χ4n) is 3.57. The van der Waals surface area contributed by atoms with Gasteiger partial charge in [0.25, 0.3) is 0 Å². The third-order valence-electron chi connectivity index (χ3n) is 5.15. The molecule has 172 valence electrons. The van der Waals surface area contributed by atoms with E-state index >= 15 is 0 Å². The maximum Gasteiger partial charge on any atom is 0.238 e. The second kappa shape index (κ2) is 8.68. The van der Waals surface area contributed by atoms with Crippen molar-refractivity contribution in [3.63, 3.8) is 0 Å².